The highest BCUT2D eigenvalue weighted by atomic mass is 32.2. The Balaban J connectivity index is 1.54. The minimum Gasteiger partial charge on any atom is -0.495 e. The number of hydrogen-bond acceptors (Lipinski definition) is 7. The Bertz CT molecular complexity index is 1370. The van der Waals surface area contributed by atoms with E-state index in [1.54, 1.807) is 44.2 Å². The third kappa shape index (κ3) is 8.49. The second-order valence-corrected chi connectivity index (χ2v) is 10.9. The average Bonchev–Trinajstić information content (AvgIpc) is 3.28. The molecule has 2 heterocycles. The summed E-state index contributed by atoms with van der Waals surface area (Å²) < 4.78 is 52.6. The largest absolute Gasteiger partial charge is 0.495 e. The molecule has 7 nitrogen and oxygen atoms in total. The first-order valence-electron chi connectivity index (χ1n) is 13.5. The molecule has 3 aromatic rings. The zero-order chi connectivity index (χ0) is 29.4. The number of aliphatic hydroxyl groups is 1. The Kier molecular flexibility index (Phi) is 10.7. The third-order valence-electron chi connectivity index (χ3n) is 6.97. The van der Waals surface area contributed by atoms with Gasteiger partial charge >= 0.3 is 6.18 Å². The average molecular weight is 591 g/mol. The van der Waals surface area contributed by atoms with Crippen LogP contribution in [0.4, 0.5) is 24.5 Å². The molecule has 222 valence electrons. The van der Waals surface area contributed by atoms with Crippen LogP contribution < -0.4 is 15.4 Å². The number of ether oxygens (including phenoxy) is 2. The molecule has 1 aromatic heterocycles. The maximum atomic E-state index is 13.6. The fourth-order valence-corrected chi connectivity index (χ4v) is 5.61. The number of fused-ring (bicyclic) bond motifs is 1. The Morgan fingerprint density at radius 1 is 1.17 bits per heavy atom. The Morgan fingerprint density at radius 3 is 2.73 bits per heavy atom. The molecular weight excluding hydrogens is 553 g/mol. The van der Waals surface area contributed by atoms with E-state index in [1.165, 1.54) is 4.57 Å². The van der Waals surface area contributed by atoms with Crippen molar-refractivity contribution in [1.82, 2.24) is 9.47 Å². The number of rotatable bonds is 11. The molecule has 0 spiro atoms. The van der Waals surface area contributed by atoms with Crippen molar-refractivity contribution >= 4 is 34.0 Å². The van der Waals surface area contributed by atoms with Crippen LogP contribution in [0.3, 0.4) is 0 Å². The highest BCUT2D eigenvalue weighted by Crippen LogP contribution is 2.32. The first kappa shape index (κ1) is 30.9. The number of likely N-dealkylation sites (tertiary alicyclic amines) is 1. The van der Waals surface area contributed by atoms with E-state index in [4.69, 9.17) is 9.47 Å². The zero-order valence-electron chi connectivity index (χ0n) is 23.6. The molecule has 11 heteroatoms. The molecule has 1 aliphatic heterocycles. The predicted octanol–water partition coefficient (Wildman–Crippen LogP) is 5.28. The van der Waals surface area contributed by atoms with Crippen molar-refractivity contribution < 1.29 is 27.8 Å². The van der Waals surface area contributed by atoms with Crippen LogP contribution in [-0.4, -0.2) is 86.2 Å². The summed E-state index contributed by atoms with van der Waals surface area (Å²) in [4.78, 5) is 3.25. The number of anilines is 2. The smallest absolute Gasteiger partial charge is 0.406 e. The van der Waals surface area contributed by atoms with E-state index < -0.39 is 18.8 Å². The molecule has 0 aliphatic carbocycles. The third-order valence-corrected chi connectivity index (χ3v) is 7.69. The second-order valence-electron chi connectivity index (χ2n) is 10.0. The van der Waals surface area contributed by atoms with E-state index in [0.717, 1.165) is 42.2 Å². The number of nitrogens with zero attached hydrogens (tertiary/aromatic N) is 2. The number of alkyl halides is 3. The highest BCUT2D eigenvalue weighted by molar-refractivity contribution is 7.98. The van der Waals surface area contributed by atoms with Gasteiger partial charge in [0.2, 0.25) is 0 Å². The number of piperidine rings is 1. The van der Waals surface area contributed by atoms with E-state index in [-0.39, 0.29) is 19.2 Å². The number of β-amino-alcohol motifs (C(OH)–C–C–N with tert-alkyl or cyclic N) is 1. The number of halogens is 3. The van der Waals surface area contributed by atoms with Crippen molar-refractivity contribution in [2.45, 2.75) is 42.6 Å². The van der Waals surface area contributed by atoms with Gasteiger partial charge in [0.1, 0.15) is 12.3 Å². The Hall–Kier alpha value is -3.04. The SMILES string of the molecule is COCC(O)CN1CCCC(Nc2cccc3c2cc(C#CCNc2ccc(SC)cc2OC)n3CC(F)(F)F)C1. The van der Waals surface area contributed by atoms with Crippen molar-refractivity contribution in [3.63, 3.8) is 0 Å². The van der Waals surface area contributed by atoms with Crippen LogP contribution in [0, 0.1) is 11.8 Å². The number of methoxy groups -OCH3 is 2. The maximum Gasteiger partial charge on any atom is 0.406 e. The first-order chi connectivity index (χ1) is 19.7. The quantitative estimate of drug-likeness (QED) is 0.207. The lowest BCUT2D eigenvalue weighted by Gasteiger charge is -2.34. The minimum absolute atomic E-state index is 0.0984. The van der Waals surface area contributed by atoms with E-state index in [2.05, 4.69) is 27.4 Å². The summed E-state index contributed by atoms with van der Waals surface area (Å²) in [6.07, 6.45) is -1.10. The zero-order valence-corrected chi connectivity index (χ0v) is 24.4. The van der Waals surface area contributed by atoms with Crippen LogP contribution in [-0.2, 0) is 11.3 Å². The number of nitrogens with one attached hydrogen (secondary N) is 2. The van der Waals surface area contributed by atoms with Gasteiger partial charge in [0.25, 0.3) is 0 Å². The van der Waals surface area contributed by atoms with Crippen molar-refractivity contribution in [3.8, 4) is 17.6 Å². The monoisotopic (exact) mass is 590 g/mol. The number of benzene rings is 2. The van der Waals surface area contributed by atoms with Crippen molar-refractivity contribution in [1.29, 1.82) is 0 Å². The molecule has 2 atom stereocenters. The molecule has 0 bridgehead atoms. The second kappa shape index (κ2) is 14.2. The molecule has 3 N–H and O–H groups in total. The summed E-state index contributed by atoms with van der Waals surface area (Å²) in [5.74, 6) is 6.61. The normalized spacial score (nSPS) is 16.7. The fraction of sp³-hybridized carbons (Fsp3) is 0.467. The molecule has 0 radical (unpaired) electrons. The summed E-state index contributed by atoms with van der Waals surface area (Å²) in [5, 5.41) is 17.6. The molecule has 0 saturated carbocycles. The standard InChI is InChI=1S/C30H37F3N4O3S/c1-39-19-23(38)18-36-14-6-7-21(17-36)35-26-9-4-10-28-25(26)15-22(37(28)20-30(31,32)33)8-5-13-34-27-12-11-24(41-3)16-29(27)40-2/h4,9-12,15-16,21,23,34-35,38H,6-7,13-14,17-20H2,1-3H3. The van der Waals surface area contributed by atoms with Gasteiger partial charge in [-0.3, -0.25) is 4.90 Å². The molecule has 1 saturated heterocycles. The van der Waals surface area contributed by atoms with Crippen LogP contribution in [0.25, 0.3) is 10.9 Å². The number of aliphatic hydroxyl groups excluding tert-OH is 1. The fourth-order valence-electron chi connectivity index (χ4n) is 5.18. The van der Waals surface area contributed by atoms with Gasteiger partial charge in [-0.2, -0.15) is 13.2 Å². The van der Waals surface area contributed by atoms with Gasteiger partial charge in [-0.1, -0.05) is 12.0 Å². The number of hydrogen-bond donors (Lipinski definition) is 3. The molecule has 4 rings (SSSR count). The lowest BCUT2D eigenvalue weighted by Crippen LogP contribution is -2.45. The summed E-state index contributed by atoms with van der Waals surface area (Å²) >= 11 is 1.60. The molecule has 41 heavy (non-hydrogen) atoms. The summed E-state index contributed by atoms with van der Waals surface area (Å²) in [7, 11) is 3.15. The van der Waals surface area contributed by atoms with Crippen LogP contribution in [0.1, 0.15) is 18.5 Å². The lowest BCUT2D eigenvalue weighted by atomic mass is 10.0. The Labute approximate surface area is 243 Å². The van der Waals surface area contributed by atoms with E-state index >= 15 is 0 Å². The van der Waals surface area contributed by atoms with Crippen LogP contribution in [0.15, 0.2) is 47.4 Å². The van der Waals surface area contributed by atoms with Gasteiger partial charge in [0.05, 0.1) is 43.3 Å². The topological polar surface area (TPSA) is 70.9 Å². The van der Waals surface area contributed by atoms with E-state index in [1.807, 2.05) is 30.5 Å². The van der Waals surface area contributed by atoms with Crippen molar-refractivity contribution in [2.24, 2.45) is 0 Å². The van der Waals surface area contributed by atoms with Gasteiger partial charge in [0.15, 0.2) is 0 Å². The van der Waals surface area contributed by atoms with Crippen LogP contribution in [0.5, 0.6) is 5.75 Å². The maximum absolute atomic E-state index is 13.6. The summed E-state index contributed by atoms with van der Waals surface area (Å²) in [5.41, 5.74) is 2.30. The molecule has 1 aliphatic rings. The summed E-state index contributed by atoms with van der Waals surface area (Å²) in [6.45, 7) is 1.50. The lowest BCUT2D eigenvalue weighted by molar-refractivity contribution is -0.140. The number of aromatic nitrogens is 1. The first-order valence-corrected chi connectivity index (χ1v) is 14.7. The molecule has 1 fully saturated rings. The van der Waals surface area contributed by atoms with E-state index in [9.17, 15) is 18.3 Å². The molecule has 2 unspecified atom stereocenters. The highest BCUT2D eigenvalue weighted by Gasteiger charge is 2.30. The van der Waals surface area contributed by atoms with Crippen LogP contribution >= 0.6 is 11.8 Å². The molecular formula is C30H37F3N4O3S. The molecule has 2 aromatic carbocycles. The van der Waals surface area contributed by atoms with Crippen molar-refractivity contribution in [2.75, 3.05) is 63.9 Å². The van der Waals surface area contributed by atoms with Crippen molar-refractivity contribution in [3.05, 3.63) is 48.2 Å². The van der Waals surface area contributed by atoms with Gasteiger partial charge in [-0.05, 0) is 68.0 Å². The number of thioether (sulfide) groups is 1. The van der Waals surface area contributed by atoms with E-state index in [0.29, 0.717) is 28.9 Å². The van der Waals surface area contributed by atoms with Gasteiger partial charge in [-0.25, -0.2) is 0 Å². The van der Waals surface area contributed by atoms with Gasteiger partial charge < -0.3 is 29.8 Å². The predicted molar refractivity (Wildman–Crippen MR) is 159 cm³/mol. The Morgan fingerprint density at radius 2 is 2.00 bits per heavy atom. The summed E-state index contributed by atoms with van der Waals surface area (Å²) in [6, 6.07) is 13.0. The minimum atomic E-state index is -4.40. The van der Waals surface area contributed by atoms with Gasteiger partial charge in [0, 0.05) is 42.2 Å². The molecule has 0 amide bonds. The van der Waals surface area contributed by atoms with Gasteiger partial charge in [-0.15, -0.1) is 11.8 Å². The van der Waals surface area contributed by atoms with Crippen LogP contribution in [0.2, 0.25) is 0 Å².